The highest BCUT2D eigenvalue weighted by Crippen LogP contribution is 2.25. The largest absolute Gasteiger partial charge is 0.456 e. The highest BCUT2D eigenvalue weighted by atomic mass is 16.6. The molecule has 2 nitrogen and oxygen atoms in total. The molecule has 2 aromatic carbocycles. The minimum absolute atomic E-state index is 0.200. The van der Waals surface area contributed by atoms with Gasteiger partial charge in [-0.15, -0.1) is 0 Å². The second kappa shape index (κ2) is 8.84. The monoisotopic (exact) mass is 338 g/mol. The summed E-state index contributed by atoms with van der Waals surface area (Å²) in [4.78, 5) is 12.8. The van der Waals surface area contributed by atoms with Crippen LogP contribution in [0.3, 0.4) is 0 Å². The molecule has 2 rings (SSSR count). The molecule has 0 radical (unpaired) electrons. The van der Waals surface area contributed by atoms with E-state index < -0.39 is 5.60 Å². The van der Waals surface area contributed by atoms with Crippen LogP contribution in [-0.4, -0.2) is 11.6 Å². The molecule has 2 aromatic rings. The molecule has 25 heavy (non-hydrogen) atoms. The number of rotatable bonds is 8. The number of benzene rings is 2. The van der Waals surface area contributed by atoms with Crippen LogP contribution >= 0.6 is 0 Å². The highest BCUT2D eigenvalue weighted by molar-refractivity contribution is 5.91. The van der Waals surface area contributed by atoms with E-state index in [-0.39, 0.29) is 5.97 Å². The van der Waals surface area contributed by atoms with E-state index in [1.165, 1.54) is 5.56 Å². The standard InChI is InChI=1S/C23H30O2/c1-5-23(4,16-15-19-11-7-6-8-12-19)25-22(24)21-14-10-9-13-20(21)17-18(2)3/h6-14,18H,5,15-17H2,1-4H3. The Morgan fingerprint density at radius 3 is 2.32 bits per heavy atom. The van der Waals surface area contributed by atoms with Crippen molar-refractivity contribution >= 4 is 5.97 Å². The molecular formula is C23H30O2. The van der Waals surface area contributed by atoms with Gasteiger partial charge in [-0.3, -0.25) is 0 Å². The maximum absolute atomic E-state index is 12.8. The van der Waals surface area contributed by atoms with Crippen LogP contribution in [0, 0.1) is 5.92 Å². The molecule has 0 amide bonds. The molecule has 134 valence electrons. The summed E-state index contributed by atoms with van der Waals surface area (Å²) in [6, 6.07) is 18.2. The quantitative estimate of drug-likeness (QED) is 0.565. The van der Waals surface area contributed by atoms with E-state index in [0.717, 1.165) is 31.2 Å². The molecule has 0 aliphatic carbocycles. The predicted molar refractivity (Wildman–Crippen MR) is 104 cm³/mol. The number of esters is 1. The Hall–Kier alpha value is -2.09. The van der Waals surface area contributed by atoms with Gasteiger partial charge in [-0.05, 0) is 55.7 Å². The molecule has 0 N–H and O–H groups in total. The smallest absolute Gasteiger partial charge is 0.338 e. The molecule has 0 aliphatic rings. The van der Waals surface area contributed by atoms with Gasteiger partial charge in [-0.25, -0.2) is 4.79 Å². The van der Waals surface area contributed by atoms with Crippen molar-refractivity contribution in [1.29, 1.82) is 0 Å². The number of hydrogen-bond acceptors (Lipinski definition) is 2. The van der Waals surface area contributed by atoms with Crippen LogP contribution in [0.25, 0.3) is 0 Å². The molecule has 0 aliphatic heterocycles. The van der Waals surface area contributed by atoms with Crippen LogP contribution in [0.2, 0.25) is 0 Å². The fourth-order valence-corrected chi connectivity index (χ4v) is 2.97. The lowest BCUT2D eigenvalue weighted by molar-refractivity contribution is -0.0153. The molecule has 0 fully saturated rings. The second-order valence-electron chi connectivity index (χ2n) is 7.43. The lowest BCUT2D eigenvalue weighted by Gasteiger charge is -2.29. The van der Waals surface area contributed by atoms with Gasteiger partial charge in [0.15, 0.2) is 0 Å². The summed E-state index contributed by atoms with van der Waals surface area (Å²) in [7, 11) is 0. The molecule has 0 saturated carbocycles. The number of hydrogen-bond donors (Lipinski definition) is 0. The Balaban J connectivity index is 2.08. The summed E-state index contributed by atoms with van der Waals surface area (Å²) in [5.74, 6) is 0.304. The van der Waals surface area contributed by atoms with Crippen LogP contribution < -0.4 is 0 Å². The summed E-state index contributed by atoms with van der Waals surface area (Å²) < 4.78 is 5.98. The van der Waals surface area contributed by atoms with Crippen LogP contribution in [0.4, 0.5) is 0 Å². The van der Waals surface area contributed by atoms with E-state index in [1.54, 1.807) is 0 Å². The van der Waals surface area contributed by atoms with Gasteiger partial charge in [0.05, 0.1) is 5.56 Å². The average molecular weight is 338 g/mol. The van der Waals surface area contributed by atoms with Crippen LogP contribution in [0.15, 0.2) is 54.6 Å². The van der Waals surface area contributed by atoms with E-state index in [4.69, 9.17) is 4.74 Å². The second-order valence-corrected chi connectivity index (χ2v) is 7.43. The van der Waals surface area contributed by atoms with Crippen LogP contribution in [0.5, 0.6) is 0 Å². The van der Waals surface area contributed by atoms with Crippen molar-refractivity contribution in [2.75, 3.05) is 0 Å². The van der Waals surface area contributed by atoms with Gasteiger partial charge in [0.1, 0.15) is 5.60 Å². The average Bonchev–Trinajstić information content (AvgIpc) is 2.61. The van der Waals surface area contributed by atoms with E-state index in [2.05, 4.69) is 32.9 Å². The lowest BCUT2D eigenvalue weighted by Crippen LogP contribution is -2.32. The van der Waals surface area contributed by atoms with Gasteiger partial charge in [0.25, 0.3) is 0 Å². The lowest BCUT2D eigenvalue weighted by atomic mass is 9.93. The summed E-state index contributed by atoms with van der Waals surface area (Å²) in [6.45, 7) is 8.45. The first-order chi connectivity index (χ1) is 11.9. The molecule has 0 bridgehead atoms. The van der Waals surface area contributed by atoms with Crippen LogP contribution in [0.1, 0.15) is 62.0 Å². The first kappa shape index (κ1) is 19.2. The Labute approximate surface area is 152 Å². The van der Waals surface area contributed by atoms with Crippen molar-refractivity contribution in [3.8, 4) is 0 Å². The van der Waals surface area contributed by atoms with Crippen molar-refractivity contribution < 1.29 is 9.53 Å². The van der Waals surface area contributed by atoms with Gasteiger partial charge in [0.2, 0.25) is 0 Å². The molecule has 0 spiro atoms. The fraction of sp³-hybridized carbons (Fsp3) is 0.435. The van der Waals surface area contributed by atoms with E-state index in [9.17, 15) is 4.79 Å². The maximum Gasteiger partial charge on any atom is 0.338 e. The van der Waals surface area contributed by atoms with E-state index in [1.807, 2.05) is 49.4 Å². The first-order valence-electron chi connectivity index (χ1n) is 9.28. The minimum atomic E-state index is -0.447. The Bertz CT molecular complexity index is 676. The maximum atomic E-state index is 12.8. The Morgan fingerprint density at radius 2 is 1.68 bits per heavy atom. The number of carbonyl (C=O) groups excluding carboxylic acids is 1. The summed E-state index contributed by atoms with van der Waals surface area (Å²) >= 11 is 0. The van der Waals surface area contributed by atoms with Gasteiger partial charge in [-0.2, -0.15) is 0 Å². The van der Waals surface area contributed by atoms with Crippen molar-refractivity contribution in [3.63, 3.8) is 0 Å². The van der Waals surface area contributed by atoms with Crippen molar-refractivity contribution in [2.45, 2.75) is 59.0 Å². The molecule has 0 aromatic heterocycles. The topological polar surface area (TPSA) is 26.3 Å². The summed E-state index contributed by atoms with van der Waals surface area (Å²) in [6.07, 6.45) is 3.42. The SMILES string of the molecule is CCC(C)(CCc1ccccc1)OC(=O)c1ccccc1CC(C)C. The molecule has 1 atom stereocenters. The zero-order chi connectivity index (χ0) is 18.3. The third-order valence-corrected chi connectivity index (χ3v) is 4.74. The van der Waals surface area contributed by atoms with Gasteiger partial charge in [-0.1, -0.05) is 69.3 Å². The van der Waals surface area contributed by atoms with E-state index in [0.29, 0.717) is 11.5 Å². The van der Waals surface area contributed by atoms with Crippen molar-refractivity contribution in [3.05, 3.63) is 71.3 Å². The zero-order valence-corrected chi connectivity index (χ0v) is 15.9. The molecule has 0 saturated heterocycles. The number of carbonyl (C=O) groups is 1. The van der Waals surface area contributed by atoms with Crippen molar-refractivity contribution in [1.82, 2.24) is 0 Å². The summed E-state index contributed by atoms with van der Waals surface area (Å²) in [5, 5.41) is 0. The minimum Gasteiger partial charge on any atom is -0.456 e. The Kier molecular flexibility index (Phi) is 6.81. The van der Waals surface area contributed by atoms with Gasteiger partial charge in [0, 0.05) is 0 Å². The molecule has 2 heteroatoms. The molecule has 1 unspecified atom stereocenters. The van der Waals surface area contributed by atoms with Gasteiger partial charge >= 0.3 is 5.97 Å². The van der Waals surface area contributed by atoms with Crippen LogP contribution in [-0.2, 0) is 17.6 Å². The predicted octanol–water partition coefficient (Wildman–Crippen LogP) is 5.84. The number of ether oxygens (including phenoxy) is 1. The fourth-order valence-electron chi connectivity index (χ4n) is 2.97. The molecule has 0 heterocycles. The van der Waals surface area contributed by atoms with Crippen molar-refractivity contribution in [2.24, 2.45) is 5.92 Å². The normalized spacial score (nSPS) is 13.5. The first-order valence-corrected chi connectivity index (χ1v) is 9.28. The van der Waals surface area contributed by atoms with E-state index >= 15 is 0 Å². The third kappa shape index (κ3) is 5.74. The molecular weight excluding hydrogens is 308 g/mol. The zero-order valence-electron chi connectivity index (χ0n) is 15.9. The van der Waals surface area contributed by atoms with Gasteiger partial charge < -0.3 is 4.74 Å². The highest BCUT2D eigenvalue weighted by Gasteiger charge is 2.28. The number of aryl methyl sites for hydroxylation is 1. The third-order valence-electron chi connectivity index (χ3n) is 4.74. The Morgan fingerprint density at radius 1 is 1.04 bits per heavy atom. The summed E-state index contributed by atoms with van der Waals surface area (Å²) in [5.41, 5.74) is 2.61.